The van der Waals surface area contributed by atoms with E-state index in [2.05, 4.69) is 6.58 Å². The molecule has 0 aliphatic carbocycles. The lowest BCUT2D eigenvalue weighted by Gasteiger charge is -2.10. The number of rotatable bonds is 5. The van der Waals surface area contributed by atoms with Gasteiger partial charge in [0.1, 0.15) is 12.4 Å². The first-order chi connectivity index (χ1) is 7.95. The summed E-state index contributed by atoms with van der Waals surface area (Å²) in [7, 11) is 0. The van der Waals surface area contributed by atoms with E-state index in [1.807, 2.05) is 0 Å². The predicted octanol–water partition coefficient (Wildman–Crippen LogP) is 3.39. The van der Waals surface area contributed by atoms with E-state index in [4.69, 9.17) is 16.3 Å². The van der Waals surface area contributed by atoms with Crippen molar-refractivity contribution in [3.63, 3.8) is 0 Å². The SMILES string of the molecule is C=C(CCl)COc1cc(C)c([N+](=O)[O-])cc1C. The third-order valence-corrected chi connectivity index (χ3v) is 2.69. The fourth-order valence-electron chi connectivity index (χ4n) is 1.35. The normalized spacial score (nSPS) is 10.1. The summed E-state index contributed by atoms with van der Waals surface area (Å²) in [5.74, 6) is 0.963. The molecule has 0 unspecified atom stereocenters. The van der Waals surface area contributed by atoms with Crippen molar-refractivity contribution in [2.24, 2.45) is 0 Å². The van der Waals surface area contributed by atoms with Gasteiger partial charge in [-0.3, -0.25) is 10.1 Å². The topological polar surface area (TPSA) is 52.4 Å². The summed E-state index contributed by atoms with van der Waals surface area (Å²) in [5.41, 5.74) is 2.17. The minimum Gasteiger partial charge on any atom is -0.489 e. The van der Waals surface area contributed by atoms with Crippen molar-refractivity contribution < 1.29 is 9.66 Å². The van der Waals surface area contributed by atoms with Crippen LogP contribution in [0.4, 0.5) is 5.69 Å². The Morgan fingerprint density at radius 3 is 2.65 bits per heavy atom. The van der Waals surface area contributed by atoms with Gasteiger partial charge < -0.3 is 4.74 Å². The number of hydrogen-bond acceptors (Lipinski definition) is 3. The number of aryl methyl sites for hydroxylation is 2. The van der Waals surface area contributed by atoms with Gasteiger partial charge >= 0.3 is 0 Å². The zero-order valence-corrected chi connectivity index (χ0v) is 10.6. The highest BCUT2D eigenvalue weighted by molar-refractivity contribution is 6.19. The van der Waals surface area contributed by atoms with Crippen LogP contribution in [0.2, 0.25) is 0 Å². The summed E-state index contributed by atoms with van der Waals surface area (Å²) in [6.45, 7) is 7.49. The molecule has 5 heteroatoms. The summed E-state index contributed by atoms with van der Waals surface area (Å²) in [5, 5.41) is 10.7. The van der Waals surface area contributed by atoms with Crippen molar-refractivity contribution in [2.45, 2.75) is 13.8 Å². The highest BCUT2D eigenvalue weighted by Crippen LogP contribution is 2.27. The molecule has 4 nitrogen and oxygen atoms in total. The largest absolute Gasteiger partial charge is 0.489 e. The van der Waals surface area contributed by atoms with E-state index < -0.39 is 4.92 Å². The van der Waals surface area contributed by atoms with Crippen molar-refractivity contribution in [3.8, 4) is 5.75 Å². The average molecular weight is 256 g/mol. The maximum Gasteiger partial charge on any atom is 0.272 e. The third kappa shape index (κ3) is 3.46. The molecule has 0 N–H and O–H groups in total. The molecule has 0 amide bonds. The third-order valence-electron chi connectivity index (χ3n) is 2.31. The monoisotopic (exact) mass is 255 g/mol. The summed E-state index contributed by atoms with van der Waals surface area (Å²) in [6.07, 6.45) is 0. The number of nitrogens with zero attached hydrogens (tertiary/aromatic N) is 1. The van der Waals surface area contributed by atoms with Crippen molar-refractivity contribution in [3.05, 3.63) is 45.5 Å². The second-order valence-corrected chi connectivity index (χ2v) is 4.10. The zero-order chi connectivity index (χ0) is 13.0. The number of hydrogen-bond donors (Lipinski definition) is 0. The van der Waals surface area contributed by atoms with Crippen molar-refractivity contribution >= 4 is 17.3 Å². The molecule has 92 valence electrons. The number of alkyl halides is 1. The molecule has 0 fully saturated rings. The summed E-state index contributed by atoms with van der Waals surface area (Å²) < 4.78 is 5.50. The lowest BCUT2D eigenvalue weighted by molar-refractivity contribution is -0.385. The quantitative estimate of drug-likeness (QED) is 0.351. The lowest BCUT2D eigenvalue weighted by Crippen LogP contribution is -2.03. The second-order valence-electron chi connectivity index (χ2n) is 3.83. The van der Waals surface area contributed by atoms with Crippen molar-refractivity contribution in [1.82, 2.24) is 0 Å². The Balaban J connectivity index is 2.92. The number of nitro benzene ring substituents is 1. The minimum absolute atomic E-state index is 0.103. The summed E-state index contributed by atoms with van der Waals surface area (Å²) in [4.78, 5) is 10.3. The van der Waals surface area contributed by atoms with Gasteiger partial charge in [-0.1, -0.05) is 6.58 Å². The van der Waals surface area contributed by atoms with E-state index in [0.717, 1.165) is 11.1 Å². The van der Waals surface area contributed by atoms with Crippen LogP contribution < -0.4 is 4.74 Å². The molecule has 17 heavy (non-hydrogen) atoms. The van der Waals surface area contributed by atoms with Gasteiger partial charge in [-0.05, 0) is 31.1 Å². The number of nitro groups is 1. The van der Waals surface area contributed by atoms with Gasteiger partial charge in [0.2, 0.25) is 0 Å². The van der Waals surface area contributed by atoms with Gasteiger partial charge in [0.15, 0.2) is 0 Å². The van der Waals surface area contributed by atoms with Crippen molar-refractivity contribution in [1.29, 1.82) is 0 Å². The molecule has 0 atom stereocenters. The Morgan fingerprint density at radius 2 is 2.12 bits per heavy atom. The fraction of sp³-hybridized carbons (Fsp3) is 0.333. The Kier molecular flexibility index (Phi) is 4.52. The molecule has 0 saturated heterocycles. The van der Waals surface area contributed by atoms with E-state index in [1.165, 1.54) is 6.07 Å². The minimum atomic E-state index is -0.399. The van der Waals surface area contributed by atoms with Gasteiger partial charge in [-0.15, -0.1) is 11.6 Å². The molecule has 1 aromatic carbocycles. The van der Waals surface area contributed by atoms with E-state index in [-0.39, 0.29) is 5.69 Å². The van der Waals surface area contributed by atoms with Gasteiger partial charge in [-0.25, -0.2) is 0 Å². The van der Waals surface area contributed by atoms with Gasteiger partial charge in [0.05, 0.1) is 4.92 Å². The van der Waals surface area contributed by atoms with E-state index >= 15 is 0 Å². The standard InChI is InChI=1S/C12H14ClNO3/c1-8(6-13)7-17-12-5-9(2)11(14(15)16)4-10(12)3/h4-5H,1,6-7H2,2-3H3. The zero-order valence-electron chi connectivity index (χ0n) is 9.83. The van der Waals surface area contributed by atoms with Crippen LogP contribution in [0.3, 0.4) is 0 Å². The van der Waals surface area contributed by atoms with E-state index in [9.17, 15) is 10.1 Å². The molecule has 0 aliphatic rings. The van der Waals surface area contributed by atoms with Crippen LogP contribution in [0.5, 0.6) is 5.75 Å². The van der Waals surface area contributed by atoms with Crippen LogP contribution >= 0.6 is 11.6 Å². The van der Waals surface area contributed by atoms with Crippen LogP contribution in [0.1, 0.15) is 11.1 Å². The maximum atomic E-state index is 10.7. The molecule has 0 bridgehead atoms. The molecule has 0 spiro atoms. The van der Waals surface area contributed by atoms with Crippen LogP contribution in [-0.4, -0.2) is 17.4 Å². The Morgan fingerprint density at radius 1 is 1.47 bits per heavy atom. The predicted molar refractivity (Wildman–Crippen MR) is 67.9 cm³/mol. The molecule has 1 rings (SSSR count). The second kappa shape index (κ2) is 5.68. The van der Waals surface area contributed by atoms with E-state index in [0.29, 0.717) is 23.8 Å². The fourth-order valence-corrected chi connectivity index (χ4v) is 1.42. The molecule has 1 aromatic rings. The van der Waals surface area contributed by atoms with Crippen LogP contribution in [0.15, 0.2) is 24.3 Å². The number of halogens is 1. The Bertz CT molecular complexity index is 457. The van der Waals surface area contributed by atoms with Crippen LogP contribution in [0, 0.1) is 24.0 Å². The molecule has 0 aliphatic heterocycles. The smallest absolute Gasteiger partial charge is 0.272 e. The highest BCUT2D eigenvalue weighted by atomic mass is 35.5. The van der Waals surface area contributed by atoms with Gasteiger partial charge in [0, 0.05) is 17.5 Å². The highest BCUT2D eigenvalue weighted by Gasteiger charge is 2.13. The molecule has 0 saturated carbocycles. The Hall–Kier alpha value is -1.55. The van der Waals surface area contributed by atoms with Crippen LogP contribution in [0.25, 0.3) is 0 Å². The maximum absolute atomic E-state index is 10.7. The number of ether oxygens (including phenoxy) is 1. The van der Waals surface area contributed by atoms with Crippen molar-refractivity contribution in [2.75, 3.05) is 12.5 Å². The van der Waals surface area contributed by atoms with Gasteiger partial charge in [-0.2, -0.15) is 0 Å². The lowest BCUT2D eigenvalue weighted by atomic mass is 10.1. The first-order valence-corrected chi connectivity index (χ1v) is 5.60. The first-order valence-electron chi connectivity index (χ1n) is 5.06. The number of benzene rings is 1. The molecule has 0 heterocycles. The van der Waals surface area contributed by atoms with E-state index in [1.54, 1.807) is 19.9 Å². The first kappa shape index (κ1) is 13.5. The molecular formula is C12H14ClNO3. The van der Waals surface area contributed by atoms with Crippen LogP contribution in [-0.2, 0) is 0 Å². The molecule has 0 radical (unpaired) electrons. The average Bonchev–Trinajstić information content (AvgIpc) is 2.28. The summed E-state index contributed by atoms with van der Waals surface area (Å²) >= 11 is 5.59. The summed E-state index contributed by atoms with van der Waals surface area (Å²) in [6, 6.07) is 3.17. The molecular weight excluding hydrogens is 242 g/mol. The molecule has 0 aromatic heterocycles. The van der Waals surface area contributed by atoms with Gasteiger partial charge in [0.25, 0.3) is 5.69 Å². The Labute approximate surface area is 105 Å².